The van der Waals surface area contributed by atoms with Crippen LogP contribution in [0.3, 0.4) is 0 Å². The van der Waals surface area contributed by atoms with Gasteiger partial charge in [-0.15, -0.1) is 0 Å². The fraction of sp³-hybridized carbons (Fsp3) is 0.696. The molecule has 1 aromatic rings. The van der Waals surface area contributed by atoms with E-state index in [1.54, 1.807) is 6.92 Å². The molecular formula is C23H39N5O7. The van der Waals surface area contributed by atoms with E-state index in [1.165, 1.54) is 16.6 Å². The molecule has 1 atom stereocenters. The van der Waals surface area contributed by atoms with E-state index in [2.05, 4.69) is 10.3 Å². The van der Waals surface area contributed by atoms with Gasteiger partial charge in [0.25, 0.3) is 11.5 Å². The number of nitrogen functional groups attached to an aromatic ring is 1. The number of aromatic amines is 1. The normalized spacial score (nSPS) is 11.7. The first-order valence-electron chi connectivity index (χ1n) is 12.0. The maximum absolute atomic E-state index is 13.0. The zero-order chi connectivity index (χ0) is 26.4. The summed E-state index contributed by atoms with van der Waals surface area (Å²) in [7, 11) is 1.51. The van der Waals surface area contributed by atoms with Crippen molar-refractivity contribution in [1.29, 1.82) is 0 Å². The molecule has 0 spiro atoms. The van der Waals surface area contributed by atoms with Crippen LogP contribution in [0.5, 0.6) is 0 Å². The molecule has 0 aromatic carbocycles. The highest BCUT2D eigenvalue weighted by Gasteiger charge is 2.24. The number of hydrogen-bond donors (Lipinski definition) is 3. The number of nitrogens with two attached hydrogens (primary N) is 1. The van der Waals surface area contributed by atoms with Gasteiger partial charge < -0.3 is 25.4 Å². The largest absolute Gasteiger partial charge is 0.456 e. The number of carbonyl (C=O) groups excluding carboxylic acids is 3. The van der Waals surface area contributed by atoms with Crippen molar-refractivity contribution in [2.75, 3.05) is 37.5 Å². The summed E-state index contributed by atoms with van der Waals surface area (Å²) in [6, 6.07) is -0.242. The van der Waals surface area contributed by atoms with Gasteiger partial charge in [0, 0.05) is 32.7 Å². The van der Waals surface area contributed by atoms with Crippen molar-refractivity contribution >= 4 is 29.3 Å². The lowest BCUT2D eigenvalue weighted by Crippen LogP contribution is -2.42. The quantitative estimate of drug-likeness (QED) is 0.224. The molecule has 1 heterocycles. The number of anilines is 2. The van der Waals surface area contributed by atoms with Crippen LogP contribution in [-0.4, -0.2) is 60.2 Å². The van der Waals surface area contributed by atoms with E-state index in [1.807, 2.05) is 13.8 Å². The minimum Gasteiger partial charge on any atom is -0.456 e. The molecule has 0 aliphatic heterocycles. The fourth-order valence-electron chi connectivity index (χ4n) is 3.43. The van der Waals surface area contributed by atoms with Crippen LogP contribution in [0.15, 0.2) is 9.59 Å². The van der Waals surface area contributed by atoms with Crippen LogP contribution in [0.1, 0.15) is 65.7 Å². The van der Waals surface area contributed by atoms with Gasteiger partial charge in [0.1, 0.15) is 5.82 Å². The van der Waals surface area contributed by atoms with Crippen LogP contribution >= 0.6 is 0 Å². The first-order chi connectivity index (χ1) is 16.7. The van der Waals surface area contributed by atoms with Gasteiger partial charge in [-0.1, -0.05) is 33.1 Å². The summed E-state index contributed by atoms with van der Waals surface area (Å²) >= 11 is 0. The van der Waals surface area contributed by atoms with Gasteiger partial charge in [0.15, 0.2) is 12.3 Å². The Kier molecular flexibility index (Phi) is 13.4. The lowest BCUT2D eigenvalue weighted by molar-refractivity contribution is -0.149. The van der Waals surface area contributed by atoms with Crippen molar-refractivity contribution < 1.29 is 23.9 Å². The molecule has 12 heteroatoms. The van der Waals surface area contributed by atoms with Crippen LogP contribution < -0.4 is 27.2 Å². The SMILES string of the molecule is CCCCCN(C(=O)CCC(=O)OCC(=O)NC(C)COC)c1c(N)n(CCCC)c(=O)[nH]c1=O. The summed E-state index contributed by atoms with van der Waals surface area (Å²) in [5.74, 6) is -1.80. The van der Waals surface area contributed by atoms with Crippen LogP contribution in [0, 0.1) is 0 Å². The van der Waals surface area contributed by atoms with E-state index in [4.69, 9.17) is 15.2 Å². The summed E-state index contributed by atoms with van der Waals surface area (Å²) in [5, 5.41) is 2.61. The third kappa shape index (κ3) is 9.93. The Bertz CT molecular complexity index is 957. The van der Waals surface area contributed by atoms with Gasteiger partial charge in [0.05, 0.1) is 13.0 Å². The smallest absolute Gasteiger partial charge is 0.330 e. The molecule has 1 aromatic heterocycles. The zero-order valence-corrected chi connectivity index (χ0v) is 21.2. The standard InChI is InChI=1S/C23H39N5O7/c1-5-7-9-13-27(20-21(24)28(12-8-6-2)23(33)26-22(20)32)18(30)10-11-19(31)35-15-17(29)25-16(3)14-34-4/h16H,5-15,24H2,1-4H3,(H,25,29)(H,26,32,33). The molecule has 2 amide bonds. The van der Waals surface area contributed by atoms with Gasteiger partial charge in [-0.3, -0.25) is 28.7 Å². The molecule has 0 fully saturated rings. The van der Waals surface area contributed by atoms with Crippen LogP contribution in [0.4, 0.5) is 11.5 Å². The molecule has 12 nitrogen and oxygen atoms in total. The molecular weight excluding hydrogens is 458 g/mol. The number of carbonyl (C=O) groups is 3. The highest BCUT2D eigenvalue weighted by atomic mass is 16.5. The average molecular weight is 498 g/mol. The maximum atomic E-state index is 13.0. The second-order valence-corrected chi connectivity index (χ2v) is 8.34. The molecule has 0 aliphatic rings. The molecule has 1 unspecified atom stereocenters. The fourth-order valence-corrected chi connectivity index (χ4v) is 3.43. The Hall–Kier alpha value is -3.15. The molecule has 0 saturated heterocycles. The number of esters is 1. The molecule has 35 heavy (non-hydrogen) atoms. The summed E-state index contributed by atoms with van der Waals surface area (Å²) in [6.45, 7) is 6.05. The predicted molar refractivity (Wildman–Crippen MR) is 132 cm³/mol. The van der Waals surface area contributed by atoms with Crippen LogP contribution in [0.2, 0.25) is 0 Å². The second-order valence-electron chi connectivity index (χ2n) is 8.34. The van der Waals surface area contributed by atoms with Crippen molar-refractivity contribution in [1.82, 2.24) is 14.9 Å². The first-order valence-corrected chi connectivity index (χ1v) is 12.0. The van der Waals surface area contributed by atoms with E-state index < -0.39 is 35.6 Å². The lowest BCUT2D eigenvalue weighted by atomic mass is 10.2. The molecule has 0 radical (unpaired) electrons. The van der Waals surface area contributed by atoms with E-state index in [-0.39, 0.29) is 36.9 Å². The summed E-state index contributed by atoms with van der Waals surface area (Å²) < 4.78 is 11.1. The second kappa shape index (κ2) is 15.7. The van der Waals surface area contributed by atoms with Gasteiger partial charge in [0.2, 0.25) is 5.91 Å². The number of ether oxygens (including phenoxy) is 2. The average Bonchev–Trinajstić information content (AvgIpc) is 2.80. The Balaban J connectivity index is 2.92. The van der Waals surface area contributed by atoms with Crippen LogP contribution in [-0.2, 0) is 30.4 Å². The maximum Gasteiger partial charge on any atom is 0.330 e. The van der Waals surface area contributed by atoms with E-state index in [0.29, 0.717) is 26.0 Å². The number of methoxy groups -OCH3 is 1. The molecule has 0 saturated carbocycles. The minimum atomic E-state index is -0.755. The minimum absolute atomic E-state index is 0.0820. The summed E-state index contributed by atoms with van der Waals surface area (Å²) in [5.41, 5.74) is 4.69. The third-order valence-electron chi connectivity index (χ3n) is 5.24. The number of hydrogen-bond acceptors (Lipinski definition) is 8. The third-order valence-corrected chi connectivity index (χ3v) is 5.24. The zero-order valence-electron chi connectivity index (χ0n) is 21.2. The monoisotopic (exact) mass is 497 g/mol. The highest BCUT2D eigenvalue weighted by molar-refractivity contribution is 5.97. The lowest BCUT2D eigenvalue weighted by Gasteiger charge is -2.24. The Morgan fingerprint density at radius 3 is 2.43 bits per heavy atom. The number of unbranched alkanes of at least 4 members (excludes halogenated alkanes) is 3. The topological polar surface area (TPSA) is 166 Å². The van der Waals surface area contributed by atoms with Crippen LogP contribution in [0.25, 0.3) is 0 Å². The number of H-pyrrole nitrogens is 1. The van der Waals surface area contributed by atoms with E-state index >= 15 is 0 Å². The summed E-state index contributed by atoms with van der Waals surface area (Å²) in [6.07, 6.45) is 3.27. The van der Waals surface area contributed by atoms with Gasteiger partial charge in [-0.2, -0.15) is 0 Å². The number of aromatic nitrogens is 2. The first kappa shape index (κ1) is 29.9. The van der Waals surface area contributed by atoms with Gasteiger partial charge >= 0.3 is 11.7 Å². The van der Waals surface area contributed by atoms with Crippen molar-refractivity contribution in [3.8, 4) is 0 Å². The van der Waals surface area contributed by atoms with E-state index in [9.17, 15) is 24.0 Å². The molecule has 0 bridgehead atoms. The Labute approximate surface area is 205 Å². The number of nitrogens with one attached hydrogen (secondary N) is 2. The molecule has 198 valence electrons. The molecule has 1 rings (SSSR count). The van der Waals surface area contributed by atoms with Crippen molar-refractivity contribution in [3.05, 3.63) is 20.8 Å². The van der Waals surface area contributed by atoms with Gasteiger partial charge in [-0.25, -0.2) is 4.79 Å². The van der Waals surface area contributed by atoms with Crippen molar-refractivity contribution in [2.24, 2.45) is 0 Å². The van der Waals surface area contributed by atoms with Gasteiger partial charge in [-0.05, 0) is 19.8 Å². The Morgan fingerprint density at radius 1 is 1.11 bits per heavy atom. The highest BCUT2D eigenvalue weighted by Crippen LogP contribution is 2.19. The number of amides is 2. The predicted octanol–water partition coefficient (Wildman–Crippen LogP) is 0.917. The summed E-state index contributed by atoms with van der Waals surface area (Å²) in [4.78, 5) is 65.3. The Morgan fingerprint density at radius 2 is 1.80 bits per heavy atom. The molecule has 0 aliphatic carbocycles. The number of rotatable bonds is 16. The van der Waals surface area contributed by atoms with Crippen molar-refractivity contribution in [3.63, 3.8) is 0 Å². The number of nitrogens with zero attached hydrogens (tertiary/aromatic N) is 2. The van der Waals surface area contributed by atoms with E-state index in [0.717, 1.165) is 19.3 Å². The van der Waals surface area contributed by atoms with Crippen molar-refractivity contribution in [2.45, 2.75) is 78.3 Å². The molecule has 4 N–H and O–H groups in total.